The number of piperazine rings is 1. The van der Waals surface area contributed by atoms with Crippen molar-refractivity contribution in [3.8, 4) is 22.4 Å². The molecule has 1 aliphatic rings. The van der Waals surface area contributed by atoms with E-state index in [1.165, 1.54) is 17.0 Å². The van der Waals surface area contributed by atoms with Gasteiger partial charge in [-0.1, -0.05) is 20.8 Å². The highest BCUT2D eigenvalue weighted by molar-refractivity contribution is 5.89. The number of rotatable bonds is 3. The largest absolute Gasteiger partial charge is 0.465 e. The monoisotopic (exact) mass is 423 g/mol. The molecular weight excluding hydrogens is 397 g/mol. The first-order chi connectivity index (χ1) is 14.8. The summed E-state index contributed by atoms with van der Waals surface area (Å²) in [6, 6.07) is 9.93. The van der Waals surface area contributed by atoms with Crippen molar-refractivity contribution in [1.29, 1.82) is 0 Å². The highest BCUT2D eigenvalue weighted by Gasteiger charge is 2.39. The van der Waals surface area contributed by atoms with Crippen molar-refractivity contribution in [2.75, 3.05) is 24.5 Å². The first-order valence-corrected chi connectivity index (χ1v) is 10.2. The van der Waals surface area contributed by atoms with Gasteiger partial charge in [0.1, 0.15) is 5.82 Å². The molecule has 0 aliphatic carbocycles. The standard InChI is InChI=1S/C23H26FN5O2/c1-23(2,3)18-14-28(12-13-29(18)22(30)31)21-19(15-8-10-25-11-9-15)20(26-27-21)16-4-6-17(24)7-5-16/h4-11,18H,12-14H2,1-3H3,(H,26,27)(H,30,31). The second-order valence-corrected chi connectivity index (χ2v) is 8.84. The number of aromatic amines is 1. The molecule has 8 heteroatoms. The molecule has 3 aromatic rings. The summed E-state index contributed by atoms with van der Waals surface area (Å²) >= 11 is 0. The summed E-state index contributed by atoms with van der Waals surface area (Å²) in [6.45, 7) is 7.61. The summed E-state index contributed by atoms with van der Waals surface area (Å²) < 4.78 is 13.5. The predicted octanol–water partition coefficient (Wildman–Crippen LogP) is 4.49. The van der Waals surface area contributed by atoms with Gasteiger partial charge in [-0.25, -0.2) is 9.18 Å². The van der Waals surface area contributed by atoms with Crippen LogP contribution < -0.4 is 4.90 Å². The third-order valence-electron chi connectivity index (χ3n) is 5.77. The Morgan fingerprint density at radius 2 is 1.77 bits per heavy atom. The molecular formula is C23H26FN5O2. The van der Waals surface area contributed by atoms with Gasteiger partial charge in [-0.3, -0.25) is 10.1 Å². The summed E-state index contributed by atoms with van der Waals surface area (Å²) in [7, 11) is 0. The van der Waals surface area contributed by atoms with E-state index in [0.717, 1.165) is 28.2 Å². The summed E-state index contributed by atoms with van der Waals surface area (Å²) in [5, 5.41) is 17.4. The van der Waals surface area contributed by atoms with Crippen LogP contribution in [0.2, 0.25) is 0 Å². The molecule has 0 saturated carbocycles. The smallest absolute Gasteiger partial charge is 0.407 e. The van der Waals surface area contributed by atoms with Gasteiger partial charge in [-0.2, -0.15) is 5.10 Å². The summed E-state index contributed by atoms with van der Waals surface area (Å²) in [5.41, 5.74) is 3.21. The number of nitrogens with zero attached hydrogens (tertiary/aromatic N) is 4. The maximum atomic E-state index is 13.5. The molecule has 7 nitrogen and oxygen atoms in total. The molecule has 1 atom stereocenters. The first-order valence-electron chi connectivity index (χ1n) is 10.2. The second kappa shape index (κ2) is 8.02. The lowest BCUT2D eigenvalue weighted by atomic mass is 9.84. The number of nitrogens with one attached hydrogen (secondary N) is 1. The minimum atomic E-state index is -0.900. The molecule has 1 unspecified atom stereocenters. The average Bonchev–Trinajstić information content (AvgIpc) is 3.19. The molecule has 4 rings (SSSR count). The normalized spacial score (nSPS) is 17.1. The van der Waals surface area contributed by atoms with Crippen molar-refractivity contribution in [3.63, 3.8) is 0 Å². The van der Waals surface area contributed by atoms with E-state index in [1.807, 2.05) is 12.1 Å². The number of carbonyl (C=O) groups is 1. The average molecular weight is 423 g/mol. The molecule has 1 aromatic carbocycles. The van der Waals surface area contributed by atoms with Crippen LogP contribution in [0.4, 0.5) is 15.0 Å². The Morgan fingerprint density at radius 1 is 1.10 bits per heavy atom. The summed E-state index contributed by atoms with van der Waals surface area (Å²) in [4.78, 5) is 19.6. The Morgan fingerprint density at radius 3 is 2.39 bits per heavy atom. The zero-order valence-corrected chi connectivity index (χ0v) is 17.8. The van der Waals surface area contributed by atoms with E-state index >= 15 is 0 Å². The van der Waals surface area contributed by atoms with Crippen LogP contribution in [0.1, 0.15) is 20.8 Å². The number of hydrogen-bond donors (Lipinski definition) is 2. The fourth-order valence-electron chi connectivity index (χ4n) is 4.12. The Labute approximate surface area is 180 Å². The van der Waals surface area contributed by atoms with Crippen LogP contribution >= 0.6 is 0 Å². The molecule has 31 heavy (non-hydrogen) atoms. The lowest BCUT2D eigenvalue weighted by molar-refractivity contribution is 0.0747. The predicted molar refractivity (Wildman–Crippen MR) is 117 cm³/mol. The van der Waals surface area contributed by atoms with Gasteiger partial charge in [0.2, 0.25) is 0 Å². The molecule has 0 spiro atoms. The molecule has 1 aliphatic heterocycles. The third kappa shape index (κ3) is 4.10. The van der Waals surface area contributed by atoms with Crippen molar-refractivity contribution in [2.45, 2.75) is 26.8 Å². The number of anilines is 1. The van der Waals surface area contributed by atoms with Crippen LogP contribution in [0.5, 0.6) is 0 Å². The number of amides is 1. The molecule has 1 fully saturated rings. The van der Waals surface area contributed by atoms with Crippen LogP contribution in [-0.2, 0) is 0 Å². The fraction of sp³-hybridized carbons (Fsp3) is 0.348. The number of halogens is 1. The lowest BCUT2D eigenvalue weighted by Crippen LogP contribution is -2.59. The van der Waals surface area contributed by atoms with Crippen LogP contribution in [0.25, 0.3) is 22.4 Å². The summed E-state index contributed by atoms with van der Waals surface area (Å²) in [5.74, 6) is 0.455. The highest BCUT2D eigenvalue weighted by atomic mass is 19.1. The molecule has 1 amide bonds. The zero-order chi connectivity index (χ0) is 22.2. The lowest BCUT2D eigenvalue weighted by Gasteiger charge is -2.46. The van der Waals surface area contributed by atoms with Gasteiger partial charge >= 0.3 is 6.09 Å². The van der Waals surface area contributed by atoms with E-state index in [2.05, 4.69) is 40.9 Å². The van der Waals surface area contributed by atoms with Gasteiger partial charge in [-0.15, -0.1) is 0 Å². The van der Waals surface area contributed by atoms with Gasteiger partial charge in [0.05, 0.1) is 17.3 Å². The summed E-state index contributed by atoms with van der Waals surface area (Å²) in [6.07, 6.45) is 2.55. The van der Waals surface area contributed by atoms with E-state index in [9.17, 15) is 14.3 Å². The van der Waals surface area contributed by atoms with Crippen molar-refractivity contribution in [2.24, 2.45) is 5.41 Å². The number of pyridine rings is 1. The molecule has 2 N–H and O–H groups in total. The van der Waals surface area contributed by atoms with Gasteiger partial charge in [0.25, 0.3) is 0 Å². The number of H-pyrrole nitrogens is 1. The Kier molecular flexibility index (Phi) is 5.39. The molecule has 162 valence electrons. The van der Waals surface area contributed by atoms with E-state index in [1.54, 1.807) is 24.5 Å². The van der Waals surface area contributed by atoms with Crippen molar-refractivity contribution < 1.29 is 14.3 Å². The Hall–Kier alpha value is -3.42. The Balaban J connectivity index is 1.78. The molecule has 1 saturated heterocycles. The van der Waals surface area contributed by atoms with Crippen LogP contribution in [-0.4, -0.2) is 57.0 Å². The first kappa shape index (κ1) is 20.8. The number of hydrogen-bond acceptors (Lipinski definition) is 4. The third-order valence-corrected chi connectivity index (χ3v) is 5.77. The number of benzene rings is 1. The molecule has 0 radical (unpaired) electrons. The second-order valence-electron chi connectivity index (χ2n) is 8.84. The molecule has 3 heterocycles. The topological polar surface area (TPSA) is 85.4 Å². The SMILES string of the molecule is CC(C)(C)C1CN(c2n[nH]c(-c3ccc(F)cc3)c2-c2ccncc2)CCN1C(=O)O. The quantitative estimate of drug-likeness (QED) is 0.648. The van der Waals surface area contributed by atoms with Crippen molar-refractivity contribution in [3.05, 3.63) is 54.6 Å². The molecule has 2 aromatic heterocycles. The van der Waals surface area contributed by atoms with Crippen LogP contribution in [0, 0.1) is 11.2 Å². The van der Waals surface area contributed by atoms with Crippen molar-refractivity contribution >= 4 is 11.9 Å². The van der Waals surface area contributed by atoms with E-state index in [0.29, 0.717) is 19.6 Å². The van der Waals surface area contributed by atoms with E-state index < -0.39 is 6.09 Å². The van der Waals surface area contributed by atoms with Gasteiger partial charge in [0, 0.05) is 37.6 Å². The fourth-order valence-corrected chi connectivity index (χ4v) is 4.12. The van der Waals surface area contributed by atoms with Crippen LogP contribution in [0.3, 0.4) is 0 Å². The van der Waals surface area contributed by atoms with Crippen molar-refractivity contribution in [1.82, 2.24) is 20.1 Å². The maximum absolute atomic E-state index is 13.5. The maximum Gasteiger partial charge on any atom is 0.407 e. The zero-order valence-electron chi connectivity index (χ0n) is 17.8. The Bertz CT molecular complexity index is 1060. The van der Waals surface area contributed by atoms with E-state index in [4.69, 9.17) is 0 Å². The van der Waals surface area contributed by atoms with Crippen LogP contribution in [0.15, 0.2) is 48.8 Å². The van der Waals surface area contributed by atoms with Gasteiger partial charge < -0.3 is 14.9 Å². The minimum Gasteiger partial charge on any atom is -0.465 e. The van der Waals surface area contributed by atoms with Gasteiger partial charge in [-0.05, 0) is 47.4 Å². The number of carboxylic acid groups (broad SMARTS) is 1. The minimum absolute atomic E-state index is 0.185. The van der Waals surface area contributed by atoms with E-state index in [-0.39, 0.29) is 17.3 Å². The van der Waals surface area contributed by atoms with Gasteiger partial charge in [0.15, 0.2) is 5.82 Å². The number of aromatic nitrogens is 3. The molecule has 0 bridgehead atoms. The highest BCUT2D eigenvalue weighted by Crippen LogP contribution is 2.39.